The van der Waals surface area contributed by atoms with Gasteiger partial charge in [-0.1, -0.05) is 15.9 Å². The molecule has 1 heterocycles. The molecule has 5 atom stereocenters. The minimum Gasteiger partial charge on any atom is -0.463 e. The second kappa shape index (κ2) is 7.69. The normalized spacial score (nSPS) is 32.1. The lowest BCUT2D eigenvalue weighted by atomic mass is 10.0. The second-order valence-electron chi connectivity index (χ2n) is 4.42. The molecule has 0 aromatic rings. The van der Waals surface area contributed by atoms with Crippen molar-refractivity contribution in [1.29, 1.82) is 0 Å². The van der Waals surface area contributed by atoms with Crippen LogP contribution >= 0.6 is 15.9 Å². The van der Waals surface area contributed by atoms with Crippen molar-refractivity contribution in [2.24, 2.45) is 0 Å². The van der Waals surface area contributed by atoms with Crippen LogP contribution in [0.5, 0.6) is 0 Å². The summed E-state index contributed by atoms with van der Waals surface area (Å²) in [4.78, 5) is 32.9. The molecule has 0 N–H and O–H groups in total. The van der Waals surface area contributed by atoms with Crippen LogP contribution in [0.4, 0.5) is 4.39 Å². The molecule has 1 rings (SSSR count). The first kappa shape index (κ1) is 17.8. The first-order valence-corrected chi connectivity index (χ1v) is 7.05. The van der Waals surface area contributed by atoms with Crippen molar-refractivity contribution in [3.05, 3.63) is 0 Å². The lowest BCUT2D eigenvalue weighted by Crippen LogP contribution is -2.58. The van der Waals surface area contributed by atoms with E-state index in [0.29, 0.717) is 0 Å². The molecule has 0 radical (unpaired) electrons. The number of carbonyl (C=O) groups is 3. The zero-order valence-corrected chi connectivity index (χ0v) is 13.3. The molecule has 0 amide bonds. The van der Waals surface area contributed by atoms with Gasteiger partial charge < -0.3 is 18.9 Å². The third kappa shape index (κ3) is 5.24. The number of halogens is 2. The highest BCUT2D eigenvalue weighted by atomic mass is 79.9. The average Bonchev–Trinajstić information content (AvgIpc) is 2.35. The predicted molar refractivity (Wildman–Crippen MR) is 70.2 cm³/mol. The molecule has 0 spiro atoms. The van der Waals surface area contributed by atoms with Gasteiger partial charge in [0.15, 0.2) is 23.4 Å². The van der Waals surface area contributed by atoms with Crippen molar-refractivity contribution < 1.29 is 37.7 Å². The van der Waals surface area contributed by atoms with Gasteiger partial charge in [0, 0.05) is 20.8 Å². The quantitative estimate of drug-likeness (QED) is 0.412. The van der Waals surface area contributed by atoms with Crippen LogP contribution in [0.15, 0.2) is 0 Å². The number of hydrogen-bond acceptors (Lipinski definition) is 7. The second-order valence-corrected chi connectivity index (χ2v) is 5.32. The van der Waals surface area contributed by atoms with Crippen LogP contribution < -0.4 is 0 Å². The zero-order valence-electron chi connectivity index (χ0n) is 11.7. The highest BCUT2D eigenvalue weighted by molar-refractivity contribution is 9.09. The Kier molecular flexibility index (Phi) is 6.53. The third-order valence-electron chi connectivity index (χ3n) is 2.61. The van der Waals surface area contributed by atoms with Crippen molar-refractivity contribution >= 4 is 33.8 Å². The van der Waals surface area contributed by atoms with E-state index in [-0.39, 0.29) is 6.61 Å². The Bertz CT molecular complexity index is 416. The van der Waals surface area contributed by atoms with Crippen LogP contribution in [-0.2, 0) is 33.3 Å². The molecule has 0 aliphatic carbocycles. The smallest absolute Gasteiger partial charge is 0.303 e. The van der Waals surface area contributed by atoms with E-state index >= 15 is 0 Å². The Morgan fingerprint density at radius 2 is 1.57 bits per heavy atom. The highest BCUT2D eigenvalue weighted by Crippen LogP contribution is 2.31. The van der Waals surface area contributed by atoms with Crippen LogP contribution in [0.1, 0.15) is 20.8 Å². The fraction of sp³-hybridized carbons (Fsp3) is 0.750. The van der Waals surface area contributed by atoms with Crippen LogP contribution in [0.3, 0.4) is 0 Å². The van der Waals surface area contributed by atoms with E-state index in [4.69, 9.17) is 18.9 Å². The highest BCUT2D eigenvalue weighted by Gasteiger charge is 2.49. The fourth-order valence-electron chi connectivity index (χ4n) is 1.83. The Morgan fingerprint density at radius 3 is 2.05 bits per heavy atom. The van der Waals surface area contributed by atoms with E-state index in [1.54, 1.807) is 0 Å². The molecule has 1 aliphatic rings. The summed E-state index contributed by atoms with van der Waals surface area (Å²) in [6.07, 6.45) is -5.46. The summed E-state index contributed by atoms with van der Waals surface area (Å²) in [5.74, 6) is -1.99. The first-order valence-electron chi connectivity index (χ1n) is 6.13. The summed E-state index contributed by atoms with van der Waals surface area (Å²) in [7, 11) is 0. The number of alkyl halides is 2. The van der Waals surface area contributed by atoms with Gasteiger partial charge in [-0.2, -0.15) is 0 Å². The number of carbonyl (C=O) groups excluding carboxylic acids is 3. The van der Waals surface area contributed by atoms with Crippen LogP contribution in [-0.4, -0.2) is 54.0 Å². The van der Waals surface area contributed by atoms with Gasteiger partial charge in [-0.25, -0.2) is 4.39 Å². The van der Waals surface area contributed by atoms with E-state index in [9.17, 15) is 18.8 Å². The summed E-state index contributed by atoms with van der Waals surface area (Å²) >= 11 is 3.09. The van der Waals surface area contributed by atoms with Gasteiger partial charge >= 0.3 is 17.9 Å². The maximum absolute atomic E-state index is 14.4. The topological polar surface area (TPSA) is 88.1 Å². The van der Waals surface area contributed by atoms with Gasteiger partial charge in [-0.3, -0.25) is 14.4 Å². The molecular formula is C12H16BrFO7. The SMILES string of the molecule is CC(=O)OC[C@H]1O[C@H](Br)[C@H](OC(C)=O)[C@@H](OC(C)=O)[C@H]1F. The lowest BCUT2D eigenvalue weighted by molar-refractivity contribution is -0.216. The monoisotopic (exact) mass is 370 g/mol. The van der Waals surface area contributed by atoms with Crippen molar-refractivity contribution in [1.82, 2.24) is 0 Å². The van der Waals surface area contributed by atoms with Crippen molar-refractivity contribution in [3.63, 3.8) is 0 Å². The van der Waals surface area contributed by atoms with Gasteiger partial charge in [-0.05, 0) is 0 Å². The fourth-order valence-corrected chi connectivity index (χ4v) is 2.51. The summed E-state index contributed by atoms with van der Waals surface area (Å²) in [5.41, 5.74) is 0. The first-order chi connectivity index (χ1) is 9.72. The molecular weight excluding hydrogens is 355 g/mol. The van der Waals surface area contributed by atoms with Crippen molar-refractivity contribution in [2.45, 2.75) is 50.3 Å². The number of hydrogen-bond donors (Lipinski definition) is 0. The Hall–Kier alpha value is -1.22. The molecule has 0 unspecified atom stereocenters. The van der Waals surface area contributed by atoms with Gasteiger partial charge in [0.25, 0.3) is 0 Å². The van der Waals surface area contributed by atoms with Gasteiger partial charge in [-0.15, -0.1) is 0 Å². The Balaban J connectivity index is 2.87. The van der Waals surface area contributed by atoms with E-state index in [0.717, 1.165) is 13.8 Å². The predicted octanol–water partition coefficient (Wildman–Crippen LogP) is 0.871. The Labute approximate surface area is 129 Å². The molecule has 0 saturated carbocycles. The molecule has 0 aromatic heterocycles. The summed E-state index contributed by atoms with van der Waals surface area (Å²) in [6, 6.07) is 0. The molecule has 7 nitrogen and oxygen atoms in total. The maximum atomic E-state index is 14.4. The average molecular weight is 371 g/mol. The maximum Gasteiger partial charge on any atom is 0.303 e. The van der Waals surface area contributed by atoms with Crippen LogP contribution in [0, 0.1) is 0 Å². The zero-order chi connectivity index (χ0) is 16.2. The molecule has 1 fully saturated rings. The third-order valence-corrected chi connectivity index (χ3v) is 3.35. The molecule has 1 saturated heterocycles. The van der Waals surface area contributed by atoms with Gasteiger partial charge in [0.2, 0.25) is 0 Å². The van der Waals surface area contributed by atoms with E-state index in [1.165, 1.54) is 6.92 Å². The minimum atomic E-state index is -1.81. The van der Waals surface area contributed by atoms with Crippen LogP contribution in [0.2, 0.25) is 0 Å². The lowest BCUT2D eigenvalue weighted by Gasteiger charge is -2.40. The van der Waals surface area contributed by atoms with Gasteiger partial charge in [0.05, 0.1) is 0 Å². The standard InChI is InChI=1S/C12H16BrFO7/c1-5(15)18-4-8-9(14)10(19-6(2)16)11(12(13)21-8)20-7(3)17/h8-12H,4H2,1-3H3/t8-,9+,10+,11-,12+/m1/s1. The Morgan fingerprint density at radius 1 is 1.05 bits per heavy atom. The molecule has 21 heavy (non-hydrogen) atoms. The van der Waals surface area contributed by atoms with Crippen molar-refractivity contribution in [2.75, 3.05) is 6.61 Å². The van der Waals surface area contributed by atoms with Crippen LogP contribution in [0.25, 0.3) is 0 Å². The van der Waals surface area contributed by atoms with Crippen molar-refractivity contribution in [3.8, 4) is 0 Å². The summed E-state index contributed by atoms with van der Waals surface area (Å²) in [5, 5.41) is -0.904. The molecule has 1 aliphatic heterocycles. The number of esters is 3. The largest absolute Gasteiger partial charge is 0.463 e. The molecule has 0 aromatic carbocycles. The minimum absolute atomic E-state index is 0.344. The molecule has 120 valence electrons. The molecule has 0 bridgehead atoms. The molecule has 9 heteroatoms. The van der Waals surface area contributed by atoms with E-state index < -0.39 is 47.4 Å². The number of rotatable bonds is 4. The van der Waals surface area contributed by atoms with E-state index in [1.807, 2.05) is 0 Å². The number of ether oxygens (including phenoxy) is 4. The van der Waals surface area contributed by atoms with Gasteiger partial charge in [0.1, 0.15) is 12.7 Å². The summed E-state index contributed by atoms with van der Waals surface area (Å²) < 4.78 is 34.2. The summed E-state index contributed by atoms with van der Waals surface area (Å²) in [6.45, 7) is 3.08. The van der Waals surface area contributed by atoms with E-state index in [2.05, 4.69) is 15.9 Å².